The Bertz CT molecular complexity index is 295. The van der Waals surface area contributed by atoms with Crippen molar-refractivity contribution in [2.24, 2.45) is 0 Å². The van der Waals surface area contributed by atoms with Crippen molar-refractivity contribution in [1.82, 2.24) is 0 Å². The van der Waals surface area contributed by atoms with Crippen molar-refractivity contribution >= 4 is 28.6 Å². The molecule has 0 aliphatic rings. The van der Waals surface area contributed by atoms with Gasteiger partial charge in [0.2, 0.25) is 5.24 Å². The van der Waals surface area contributed by atoms with Gasteiger partial charge in [0.25, 0.3) is 0 Å². The number of benzene rings is 1. The molecule has 1 nitrogen and oxygen atoms in total. The van der Waals surface area contributed by atoms with E-state index in [4.69, 9.17) is 11.6 Å². The number of allylic oxidation sites excluding steroid dienone is 1. The van der Waals surface area contributed by atoms with Crippen molar-refractivity contribution in [3.63, 3.8) is 0 Å². The van der Waals surface area contributed by atoms with Gasteiger partial charge in [0.1, 0.15) is 0 Å². The Labute approximate surface area is 86.8 Å². The lowest BCUT2D eigenvalue weighted by atomic mass is 10.4. The van der Waals surface area contributed by atoms with Gasteiger partial charge in [0.15, 0.2) is 0 Å². The maximum absolute atomic E-state index is 10.3. The number of carbonyl (C=O) groups is 1. The largest absolute Gasteiger partial charge is 0.276 e. The van der Waals surface area contributed by atoms with Crippen LogP contribution in [-0.4, -0.2) is 11.0 Å². The third-order valence-electron chi connectivity index (χ3n) is 1.34. The van der Waals surface area contributed by atoms with Crippen molar-refractivity contribution in [3.8, 4) is 0 Å². The van der Waals surface area contributed by atoms with Crippen LogP contribution in [0.25, 0.3) is 0 Å². The molecule has 0 N–H and O–H groups in total. The van der Waals surface area contributed by atoms with Crippen LogP contribution in [0.1, 0.15) is 0 Å². The molecule has 3 heteroatoms. The molecule has 0 saturated heterocycles. The third kappa shape index (κ3) is 4.76. The molecule has 0 amide bonds. The van der Waals surface area contributed by atoms with E-state index >= 15 is 0 Å². The van der Waals surface area contributed by atoms with E-state index in [0.29, 0.717) is 0 Å². The third-order valence-corrected chi connectivity index (χ3v) is 2.43. The normalized spacial score (nSPS) is 10.5. The number of halogens is 1. The van der Waals surface area contributed by atoms with E-state index in [1.165, 1.54) is 11.0 Å². The molecule has 1 aromatic carbocycles. The van der Waals surface area contributed by atoms with Gasteiger partial charge in [-0.1, -0.05) is 24.3 Å². The van der Waals surface area contributed by atoms with E-state index in [0.717, 1.165) is 5.75 Å². The van der Waals surface area contributed by atoms with E-state index in [2.05, 4.69) is 0 Å². The molecule has 0 aliphatic carbocycles. The second-order valence-corrected chi connectivity index (χ2v) is 3.80. The summed E-state index contributed by atoms with van der Waals surface area (Å²) in [5.74, 6) is 0.766. The molecule has 0 radical (unpaired) electrons. The Morgan fingerprint density at radius 3 is 2.69 bits per heavy atom. The zero-order valence-corrected chi connectivity index (χ0v) is 8.52. The summed E-state index contributed by atoms with van der Waals surface area (Å²) in [6.45, 7) is 0. The van der Waals surface area contributed by atoms with Crippen LogP contribution >= 0.6 is 23.4 Å². The van der Waals surface area contributed by atoms with Gasteiger partial charge in [-0.25, -0.2) is 0 Å². The lowest BCUT2D eigenvalue weighted by molar-refractivity contribution is -0.107. The van der Waals surface area contributed by atoms with E-state index in [-0.39, 0.29) is 0 Å². The molecule has 1 rings (SSSR count). The maximum Gasteiger partial charge on any atom is 0.244 e. The number of thioether (sulfide) groups is 1. The molecular formula is C10H9ClOS. The van der Waals surface area contributed by atoms with Gasteiger partial charge in [-0.2, -0.15) is 0 Å². The van der Waals surface area contributed by atoms with Gasteiger partial charge in [-0.15, -0.1) is 11.8 Å². The Morgan fingerprint density at radius 2 is 2.08 bits per heavy atom. The molecule has 0 spiro atoms. The lowest BCUT2D eigenvalue weighted by Crippen LogP contribution is -1.77. The van der Waals surface area contributed by atoms with Gasteiger partial charge >= 0.3 is 0 Å². The Hall–Kier alpha value is -0.730. The fourth-order valence-corrected chi connectivity index (χ4v) is 1.63. The summed E-state index contributed by atoms with van der Waals surface area (Å²) in [6, 6.07) is 10.0. The second kappa shape index (κ2) is 5.84. The van der Waals surface area contributed by atoms with Crippen LogP contribution in [0.15, 0.2) is 47.4 Å². The van der Waals surface area contributed by atoms with E-state index < -0.39 is 5.24 Å². The van der Waals surface area contributed by atoms with Gasteiger partial charge in [0.05, 0.1) is 0 Å². The van der Waals surface area contributed by atoms with Crippen LogP contribution in [0.2, 0.25) is 0 Å². The maximum atomic E-state index is 10.3. The number of hydrogen-bond donors (Lipinski definition) is 0. The molecule has 0 aliphatic heterocycles. The highest BCUT2D eigenvalue weighted by Gasteiger charge is 1.89. The van der Waals surface area contributed by atoms with E-state index in [1.54, 1.807) is 17.8 Å². The molecule has 1 aromatic rings. The van der Waals surface area contributed by atoms with Crippen LogP contribution in [0.3, 0.4) is 0 Å². The van der Waals surface area contributed by atoms with E-state index in [1.807, 2.05) is 30.3 Å². The highest BCUT2D eigenvalue weighted by atomic mass is 35.5. The highest BCUT2D eigenvalue weighted by Crippen LogP contribution is 2.16. The number of hydrogen-bond acceptors (Lipinski definition) is 2. The molecule has 0 fully saturated rings. The fraction of sp³-hybridized carbons (Fsp3) is 0.100. The van der Waals surface area contributed by atoms with Gasteiger partial charge in [-0.3, -0.25) is 4.79 Å². The van der Waals surface area contributed by atoms with Crippen molar-refractivity contribution in [3.05, 3.63) is 42.5 Å². The molecule has 68 valence electrons. The number of rotatable bonds is 4. The summed E-state index contributed by atoms with van der Waals surface area (Å²) < 4.78 is 0. The molecule has 0 unspecified atom stereocenters. The summed E-state index contributed by atoms with van der Waals surface area (Å²) in [7, 11) is 0. The SMILES string of the molecule is O=C(Cl)/C=C/CSc1ccccc1. The van der Waals surface area contributed by atoms with Gasteiger partial charge < -0.3 is 0 Å². The minimum absolute atomic E-state index is 0.423. The number of carbonyl (C=O) groups excluding carboxylic acids is 1. The van der Waals surface area contributed by atoms with Crippen LogP contribution in [0.4, 0.5) is 0 Å². The van der Waals surface area contributed by atoms with Crippen molar-refractivity contribution < 1.29 is 4.79 Å². The predicted octanol–water partition coefficient (Wildman–Crippen LogP) is 3.10. The first kappa shape index (κ1) is 10.4. The van der Waals surface area contributed by atoms with Crippen molar-refractivity contribution in [2.75, 3.05) is 5.75 Å². The molecule has 0 atom stereocenters. The standard InChI is InChI=1S/C10H9ClOS/c11-10(12)7-4-8-13-9-5-2-1-3-6-9/h1-7H,8H2/b7-4+. The van der Waals surface area contributed by atoms with Gasteiger partial charge in [-0.05, 0) is 29.8 Å². The molecule has 0 heterocycles. The zero-order valence-electron chi connectivity index (χ0n) is 6.94. The van der Waals surface area contributed by atoms with E-state index in [9.17, 15) is 4.79 Å². The summed E-state index contributed by atoms with van der Waals surface area (Å²) in [6.07, 6.45) is 3.13. The summed E-state index contributed by atoms with van der Waals surface area (Å²) in [5, 5.41) is -0.423. The molecular weight excluding hydrogens is 204 g/mol. The first-order chi connectivity index (χ1) is 6.29. The summed E-state index contributed by atoms with van der Waals surface area (Å²) in [4.78, 5) is 11.5. The summed E-state index contributed by atoms with van der Waals surface area (Å²) >= 11 is 6.79. The average molecular weight is 213 g/mol. The topological polar surface area (TPSA) is 17.1 Å². The molecule has 0 saturated carbocycles. The molecule has 0 aromatic heterocycles. The Morgan fingerprint density at radius 1 is 1.38 bits per heavy atom. The van der Waals surface area contributed by atoms with Crippen LogP contribution in [-0.2, 0) is 4.79 Å². The van der Waals surface area contributed by atoms with Crippen LogP contribution in [0, 0.1) is 0 Å². The Kier molecular flexibility index (Phi) is 4.65. The zero-order chi connectivity index (χ0) is 9.52. The molecule has 13 heavy (non-hydrogen) atoms. The minimum atomic E-state index is -0.423. The van der Waals surface area contributed by atoms with Gasteiger partial charge in [0, 0.05) is 10.6 Å². The van der Waals surface area contributed by atoms with Crippen LogP contribution in [0.5, 0.6) is 0 Å². The first-order valence-electron chi connectivity index (χ1n) is 3.83. The molecule has 0 bridgehead atoms. The quantitative estimate of drug-likeness (QED) is 0.434. The van der Waals surface area contributed by atoms with Crippen molar-refractivity contribution in [1.29, 1.82) is 0 Å². The second-order valence-electron chi connectivity index (χ2n) is 2.33. The Balaban J connectivity index is 2.32. The first-order valence-corrected chi connectivity index (χ1v) is 5.19. The van der Waals surface area contributed by atoms with Crippen molar-refractivity contribution in [2.45, 2.75) is 4.90 Å². The average Bonchev–Trinajstić information content (AvgIpc) is 2.14. The highest BCUT2D eigenvalue weighted by molar-refractivity contribution is 7.99. The fourth-order valence-electron chi connectivity index (χ4n) is 0.802. The monoisotopic (exact) mass is 212 g/mol. The lowest BCUT2D eigenvalue weighted by Gasteiger charge is -1.95. The smallest absolute Gasteiger partial charge is 0.244 e. The predicted molar refractivity (Wildman–Crippen MR) is 57.2 cm³/mol. The minimum Gasteiger partial charge on any atom is -0.276 e. The van der Waals surface area contributed by atoms with Crippen LogP contribution < -0.4 is 0 Å². The summed E-state index contributed by atoms with van der Waals surface area (Å²) in [5.41, 5.74) is 0.